The fourth-order valence-electron chi connectivity index (χ4n) is 1.90. The van der Waals surface area contributed by atoms with E-state index in [4.69, 9.17) is 4.74 Å². The van der Waals surface area contributed by atoms with Crippen molar-refractivity contribution in [2.24, 2.45) is 0 Å². The standard InChI is InChI=1S/C13H17BrFNO/c1-13(2)5-6-17-12(8-16-13)9-3-4-11(15)10(14)7-9/h3-4,7,12,16H,5-6,8H2,1-2H3. The van der Waals surface area contributed by atoms with Gasteiger partial charge in [0.15, 0.2) is 0 Å². The molecule has 2 nitrogen and oxygen atoms in total. The van der Waals surface area contributed by atoms with Crippen molar-refractivity contribution < 1.29 is 9.13 Å². The molecule has 1 saturated heterocycles. The van der Waals surface area contributed by atoms with Crippen molar-refractivity contribution in [2.45, 2.75) is 31.9 Å². The molecule has 1 unspecified atom stereocenters. The molecule has 0 radical (unpaired) electrons. The maximum absolute atomic E-state index is 13.2. The second-order valence-corrected chi connectivity index (χ2v) is 5.90. The van der Waals surface area contributed by atoms with Crippen LogP contribution in [0.5, 0.6) is 0 Å². The second kappa shape index (κ2) is 5.04. The van der Waals surface area contributed by atoms with Crippen molar-refractivity contribution in [1.29, 1.82) is 0 Å². The summed E-state index contributed by atoms with van der Waals surface area (Å²) in [5, 5.41) is 3.47. The van der Waals surface area contributed by atoms with E-state index < -0.39 is 0 Å². The monoisotopic (exact) mass is 301 g/mol. The number of nitrogens with one attached hydrogen (secondary N) is 1. The van der Waals surface area contributed by atoms with Gasteiger partial charge in [-0.15, -0.1) is 0 Å². The van der Waals surface area contributed by atoms with Gasteiger partial charge in [0.25, 0.3) is 0 Å². The Bertz CT molecular complexity index is 408. The summed E-state index contributed by atoms with van der Waals surface area (Å²) in [5.41, 5.74) is 1.11. The van der Waals surface area contributed by atoms with Crippen molar-refractivity contribution in [3.63, 3.8) is 0 Å². The average molecular weight is 302 g/mol. The summed E-state index contributed by atoms with van der Waals surface area (Å²) in [5.74, 6) is -0.240. The van der Waals surface area contributed by atoms with E-state index >= 15 is 0 Å². The van der Waals surface area contributed by atoms with E-state index in [2.05, 4.69) is 35.1 Å². The molecule has 1 N–H and O–H groups in total. The Labute approximate surface area is 110 Å². The molecular formula is C13H17BrFNO. The van der Waals surface area contributed by atoms with E-state index in [0.29, 0.717) is 4.47 Å². The number of hydrogen-bond donors (Lipinski definition) is 1. The van der Waals surface area contributed by atoms with E-state index in [1.807, 2.05) is 0 Å². The molecule has 0 bridgehead atoms. The normalized spacial score (nSPS) is 24.4. The van der Waals surface area contributed by atoms with Gasteiger partial charge in [0, 0.05) is 18.7 Å². The zero-order valence-corrected chi connectivity index (χ0v) is 11.7. The fourth-order valence-corrected chi connectivity index (χ4v) is 2.30. The molecule has 1 atom stereocenters. The topological polar surface area (TPSA) is 21.3 Å². The predicted molar refractivity (Wildman–Crippen MR) is 69.5 cm³/mol. The van der Waals surface area contributed by atoms with Crippen LogP contribution < -0.4 is 5.32 Å². The van der Waals surface area contributed by atoms with Crippen molar-refractivity contribution >= 4 is 15.9 Å². The first-order valence-electron chi connectivity index (χ1n) is 5.79. The average Bonchev–Trinajstić information content (AvgIpc) is 2.44. The van der Waals surface area contributed by atoms with E-state index in [1.165, 1.54) is 6.07 Å². The summed E-state index contributed by atoms with van der Waals surface area (Å²) in [7, 11) is 0. The highest BCUT2D eigenvalue weighted by Crippen LogP contribution is 2.26. The van der Waals surface area contributed by atoms with Crippen LogP contribution in [-0.2, 0) is 4.74 Å². The molecule has 4 heteroatoms. The minimum Gasteiger partial charge on any atom is -0.372 e. The molecule has 2 rings (SSSR count). The summed E-state index contributed by atoms with van der Waals surface area (Å²) >= 11 is 3.20. The lowest BCUT2D eigenvalue weighted by Gasteiger charge is -2.23. The molecule has 1 aromatic rings. The molecule has 1 aromatic carbocycles. The van der Waals surface area contributed by atoms with Crippen molar-refractivity contribution in [3.05, 3.63) is 34.1 Å². The highest BCUT2D eigenvalue weighted by atomic mass is 79.9. The third-order valence-electron chi connectivity index (χ3n) is 3.13. The Morgan fingerprint density at radius 3 is 2.94 bits per heavy atom. The van der Waals surface area contributed by atoms with Gasteiger partial charge in [0.05, 0.1) is 10.6 Å². The van der Waals surface area contributed by atoms with Crippen LogP contribution in [0, 0.1) is 5.82 Å². The highest BCUT2D eigenvalue weighted by molar-refractivity contribution is 9.10. The maximum Gasteiger partial charge on any atom is 0.137 e. The van der Waals surface area contributed by atoms with E-state index in [-0.39, 0.29) is 17.5 Å². The highest BCUT2D eigenvalue weighted by Gasteiger charge is 2.25. The van der Waals surface area contributed by atoms with Crippen LogP contribution in [0.2, 0.25) is 0 Å². The largest absolute Gasteiger partial charge is 0.372 e. The number of hydrogen-bond acceptors (Lipinski definition) is 2. The second-order valence-electron chi connectivity index (χ2n) is 5.05. The molecule has 0 saturated carbocycles. The van der Waals surface area contributed by atoms with Crippen LogP contribution in [0.15, 0.2) is 22.7 Å². The minimum atomic E-state index is -0.240. The molecular weight excluding hydrogens is 285 g/mol. The van der Waals surface area contributed by atoms with Crippen molar-refractivity contribution in [3.8, 4) is 0 Å². The summed E-state index contributed by atoms with van der Waals surface area (Å²) in [6, 6.07) is 5.05. The molecule has 0 amide bonds. The molecule has 1 aliphatic rings. The molecule has 1 fully saturated rings. The molecule has 0 spiro atoms. The van der Waals surface area contributed by atoms with Crippen LogP contribution in [-0.4, -0.2) is 18.7 Å². The quantitative estimate of drug-likeness (QED) is 0.858. The maximum atomic E-state index is 13.2. The number of benzene rings is 1. The Hall–Kier alpha value is -0.450. The third kappa shape index (κ3) is 3.27. The van der Waals surface area contributed by atoms with Gasteiger partial charge in [-0.1, -0.05) is 6.07 Å². The lowest BCUT2D eigenvalue weighted by molar-refractivity contribution is 0.0655. The summed E-state index contributed by atoms with van der Waals surface area (Å²) in [6.45, 7) is 5.81. The van der Waals surface area contributed by atoms with Crippen LogP contribution in [0.25, 0.3) is 0 Å². The Balaban J connectivity index is 2.14. The molecule has 94 valence electrons. The Morgan fingerprint density at radius 1 is 1.47 bits per heavy atom. The van der Waals surface area contributed by atoms with Gasteiger partial charge in [-0.2, -0.15) is 0 Å². The smallest absolute Gasteiger partial charge is 0.137 e. The Kier molecular flexibility index (Phi) is 3.85. The molecule has 0 aromatic heterocycles. The van der Waals surface area contributed by atoms with Crippen molar-refractivity contribution in [1.82, 2.24) is 5.32 Å². The molecule has 0 aliphatic carbocycles. The predicted octanol–water partition coefficient (Wildman–Crippen LogP) is 3.42. The van der Waals surface area contributed by atoms with Crippen LogP contribution in [0.4, 0.5) is 4.39 Å². The summed E-state index contributed by atoms with van der Waals surface area (Å²) in [4.78, 5) is 0. The lowest BCUT2D eigenvalue weighted by Crippen LogP contribution is -2.39. The van der Waals surface area contributed by atoms with Gasteiger partial charge in [-0.05, 0) is 53.9 Å². The van der Waals surface area contributed by atoms with Gasteiger partial charge in [-0.3, -0.25) is 0 Å². The van der Waals surface area contributed by atoms with Gasteiger partial charge in [0.1, 0.15) is 5.82 Å². The van der Waals surface area contributed by atoms with E-state index in [0.717, 1.165) is 25.1 Å². The fraction of sp³-hybridized carbons (Fsp3) is 0.538. The van der Waals surface area contributed by atoms with E-state index in [9.17, 15) is 4.39 Å². The lowest BCUT2D eigenvalue weighted by atomic mass is 10.0. The molecule has 1 aliphatic heterocycles. The SMILES string of the molecule is CC1(C)CCOC(c2ccc(F)c(Br)c2)CN1. The number of rotatable bonds is 1. The van der Waals surface area contributed by atoms with Gasteiger partial charge >= 0.3 is 0 Å². The first-order chi connectivity index (χ1) is 7.98. The minimum absolute atomic E-state index is 0.00586. The number of halogens is 2. The van der Waals surface area contributed by atoms with Gasteiger partial charge < -0.3 is 10.1 Å². The third-order valence-corrected chi connectivity index (χ3v) is 3.74. The van der Waals surface area contributed by atoms with Gasteiger partial charge in [-0.25, -0.2) is 4.39 Å². The van der Waals surface area contributed by atoms with Crippen LogP contribution >= 0.6 is 15.9 Å². The summed E-state index contributed by atoms with van der Waals surface area (Å²) in [6.07, 6.45) is 0.972. The molecule has 1 heterocycles. The molecule has 17 heavy (non-hydrogen) atoms. The van der Waals surface area contributed by atoms with Crippen LogP contribution in [0.1, 0.15) is 31.9 Å². The zero-order valence-electron chi connectivity index (χ0n) is 10.1. The zero-order chi connectivity index (χ0) is 12.5. The Morgan fingerprint density at radius 2 is 2.24 bits per heavy atom. The van der Waals surface area contributed by atoms with Gasteiger partial charge in [0.2, 0.25) is 0 Å². The van der Waals surface area contributed by atoms with Crippen molar-refractivity contribution in [2.75, 3.05) is 13.2 Å². The van der Waals surface area contributed by atoms with Crippen LogP contribution in [0.3, 0.4) is 0 Å². The van der Waals surface area contributed by atoms with E-state index in [1.54, 1.807) is 12.1 Å². The first-order valence-corrected chi connectivity index (χ1v) is 6.59. The first kappa shape index (κ1) is 13.0. The summed E-state index contributed by atoms with van der Waals surface area (Å²) < 4.78 is 19.5. The number of ether oxygens (including phenoxy) is 1.